The molecule has 1 heterocycles. The lowest BCUT2D eigenvalue weighted by molar-refractivity contribution is 0.497. The molecule has 2 nitrogen and oxygen atoms in total. The number of hydrogen-bond donors (Lipinski definition) is 1. The first kappa shape index (κ1) is 13.7. The highest BCUT2D eigenvalue weighted by Crippen LogP contribution is 2.31. The van der Waals surface area contributed by atoms with E-state index in [-0.39, 0.29) is 11.1 Å². The van der Waals surface area contributed by atoms with Gasteiger partial charge in [-0.3, -0.25) is 0 Å². The van der Waals surface area contributed by atoms with Gasteiger partial charge in [-0.2, -0.15) is 0 Å². The van der Waals surface area contributed by atoms with Crippen LogP contribution in [0.25, 0.3) is 0 Å². The first-order valence-corrected chi connectivity index (χ1v) is 6.10. The fraction of sp³-hybridized carbons (Fsp3) is 0.333. The molecular weight excluding hydrogens is 248 g/mol. The van der Waals surface area contributed by atoms with Crippen LogP contribution in [-0.4, -0.2) is 0 Å². The Morgan fingerprint density at radius 2 is 1.63 bits per heavy atom. The smallest absolute Gasteiger partial charge is 0.128 e. The standard InChI is InChI=1S/C15H17F2NO/c1-7-5-13(17)11(6-12(7)16)15(18)14-8(2)9(3)19-10(14)4/h5-6,15H,18H2,1-4H3. The van der Waals surface area contributed by atoms with Crippen molar-refractivity contribution in [3.8, 4) is 0 Å². The van der Waals surface area contributed by atoms with Crippen molar-refractivity contribution in [1.29, 1.82) is 0 Å². The third-order valence-electron chi connectivity index (χ3n) is 3.54. The van der Waals surface area contributed by atoms with Crippen LogP contribution >= 0.6 is 0 Å². The predicted molar refractivity (Wildman–Crippen MR) is 70.0 cm³/mol. The molecule has 0 saturated heterocycles. The van der Waals surface area contributed by atoms with E-state index in [1.54, 1.807) is 6.92 Å². The molecule has 2 aromatic rings. The monoisotopic (exact) mass is 265 g/mol. The summed E-state index contributed by atoms with van der Waals surface area (Å²) < 4.78 is 33.0. The van der Waals surface area contributed by atoms with Gasteiger partial charge in [-0.05, 0) is 51.0 Å². The summed E-state index contributed by atoms with van der Waals surface area (Å²) in [5.74, 6) is 0.435. The fourth-order valence-electron chi connectivity index (χ4n) is 2.32. The van der Waals surface area contributed by atoms with Crippen molar-refractivity contribution in [3.63, 3.8) is 0 Å². The second-order valence-corrected chi connectivity index (χ2v) is 4.85. The summed E-state index contributed by atoms with van der Waals surface area (Å²) in [4.78, 5) is 0. The first-order chi connectivity index (χ1) is 8.82. The molecule has 102 valence electrons. The Bertz CT molecular complexity index is 632. The van der Waals surface area contributed by atoms with Gasteiger partial charge in [0.25, 0.3) is 0 Å². The van der Waals surface area contributed by atoms with E-state index in [2.05, 4.69) is 0 Å². The summed E-state index contributed by atoms with van der Waals surface area (Å²) in [6, 6.07) is 1.60. The van der Waals surface area contributed by atoms with E-state index >= 15 is 0 Å². The van der Waals surface area contributed by atoms with Crippen LogP contribution in [0.5, 0.6) is 0 Å². The van der Waals surface area contributed by atoms with Crippen LogP contribution in [0.15, 0.2) is 16.5 Å². The molecule has 0 bridgehead atoms. The van der Waals surface area contributed by atoms with E-state index in [9.17, 15) is 8.78 Å². The Morgan fingerprint density at radius 3 is 2.16 bits per heavy atom. The lowest BCUT2D eigenvalue weighted by atomic mass is 9.95. The molecule has 2 N–H and O–H groups in total. The molecule has 0 spiro atoms. The minimum Gasteiger partial charge on any atom is -0.466 e. The topological polar surface area (TPSA) is 39.2 Å². The van der Waals surface area contributed by atoms with Crippen molar-refractivity contribution in [2.75, 3.05) is 0 Å². The highest BCUT2D eigenvalue weighted by molar-refractivity contribution is 5.41. The Balaban J connectivity index is 2.56. The zero-order chi connectivity index (χ0) is 14.3. The van der Waals surface area contributed by atoms with Crippen molar-refractivity contribution in [2.24, 2.45) is 5.73 Å². The summed E-state index contributed by atoms with van der Waals surface area (Å²) >= 11 is 0. The van der Waals surface area contributed by atoms with Gasteiger partial charge < -0.3 is 10.2 Å². The van der Waals surface area contributed by atoms with Crippen molar-refractivity contribution < 1.29 is 13.2 Å². The van der Waals surface area contributed by atoms with Gasteiger partial charge in [0.1, 0.15) is 23.2 Å². The maximum absolute atomic E-state index is 14.0. The number of rotatable bonds is 2. The summed E-state index contributed by atoms with van der Waals surface area (Å²) in [5.41, 5.74) is 8.10. The second-order valence-electron chi connectivity index (χ2n) is 4.85. The molecule has 0 saturated carbocycles. The average molecular weight is 265 g/mol. The molecule has 0 aliphatic rings. The van der Waals surface area contributed by atoms with Crippen molar-refractivity contribution >= 4 is 0 Å². The number of hydrogen-bond acceptors (Lipinski definition) is 2. The molecule has 1 aromatic heterocycles. The van der Waals surface area contributed by atoms with Gasteiger partial charge in [-0.1, -0.05) is 0 Å². The minimum atomic E-state index is -0.729. The number of furan rings is 1. The summed E-state index contributed by atoms with van der Waals surface area (Å²) in [5, 5.41) is 0. The van der Waals surface area contributed by atoms with E-state index in [1.807, 2.05) is 13.8 Å². The zero-order valence-electron chi connectivity index (χ0n) is 11.5. The van der Waals surface area contributed by atoms with E-state index in [0.29, 0.717) is 5.76 Å². The van der Waals surface area contributed by atoms with Crippen LogP contribution in [0.4, 0.5) is 8.78 Å². The molecule has 19 heavy (non-hydrogen) atoms. The molecule has 1 aromatic carbocycles. The minimum absolute atomic E-state index is 0.148. The molecule has 1 atom stereocenters. The second kappa shape index (κ2) is 4.78. The van der Waals surface area contributed by atoms with Gasteiger partial charge in [-0.15, -0.1) is 0 Å². The molecule has 4 heteroatoms. The number of nitrogens with two attached hydrogens (primary N) is 1. The van der Waals surface area contributed by atoms with Crippen molar-refractivity contribution in [3.05, 3.63) is 57.5 Å². The average Bonchev–Trinajstić information content (AvgIpc) is 2.57. The van der Waals surface area contributed by atoms with Crippen molar-refractivity contribution in [1.82, 2.24) is 0 Å². The Morgan fingerprint density at radius 1 is 1.00 bits per heavy atom. The lowest BCUT2D eigenvalue weighted by Gasteiger charge is -2.14. The molecule has 0 fully saturated rings. The molecule has 0 aliphatic carbocycles. The molecule has 0 amide bonds. The largest absolute Gasteiger partial charge is 0.466 e. The van der Waals surface area contributed by atoms with Gasteiger partial charge in [0.15, 0.2) is 0 Å². The van der Waals surface area contributed by atoms with Gasteiger partial charge in [0.2, 0.25) is 0 Å². The SMILES string of the molecule is Cc1cc(F)c(C(N)c2c(C)oc(C)c2C)cc1F. The third-order valence-corrected chi connectivity index (χ3v) is 3.54. The fourth-order valence-corrected chi connectivity index (χ4v) is 2.32. The summed E-state index contributed by atoms with van der Waals surface area (Å²) in [6.45, 7) is 6.98. The quantitative estimate of drug-likeness (QED) is 0.896. The normalized spacial score (nSPS) is 12.8. The first-order valence-electron chi connectivity index (χ1n) is 6.10. The third kappa shape index (κ3) is 2.28. The zero-order valence-corrected chi connectivity index (χ0v) is 11.5. The number of halogens is 2. The van der Waals surface area contributed by atoms with Crippen LogP contribution in [0.1, 0.15) is 39.8 Å². The van der Waals surface area contributed by atoms with Crippen LogP contribution in [0.2, 0.25) is 0 Å². The van der Waals surface area contributed by atoms with Gasteiger partial charge in [0, 0.05) is 11.1 Å². The van der Waals surface area contributed by atoms with Crippen LogP contribution in [-0.2, 0) is 0 Å². The van der Waals surface area contributed by atoms with Crippen molar-refractivity contribution in [2.45, 2.75) is 33.7 Å². The number of benzene rings is 1. The summed E-state index contributed by atoms with van der Waals surface area (Å²) in [6.07, 6.45) is 0. The maximum Gasteiger partial charge on any atom is 0.128 e. The Hall–Kier alpha value is -1.68. The van der Waals surface area contributed by atoms with E-state index in [4.69, 9.17) is 10.2 Å². The van der Waals surface area contributed by atoms with E-state index in [0.717, 1.165) is 23.0 Å². The van der Waals surface area contributed by atoms with E-state index < -0.39 is 17.7 Å². The van der Waals surface area contributed by atoms with Crippen LogP contribution in [0, 0.1) is 39.3 Å². The predicted octanol–water partition coefficient (Wildman–Crippen LogP) is 3.84. The van der Waals surface area contributed by atoms with Crippen LogP contribution < -0.4 is 5.73 Å². The highest BCUT2D eigenvalue weighted by atomic mass is 19.1. The lowest BCUT2D eigenvalue weighted by Crippen LogP contribution is -2.15. The Labute approximate surface area is 111 Å². The molecule has 0 aliphatic heterocycles. The molecule has 2 rings (SSSR count). The van der Waals surface area contributed by atoms with Gasteiger partial charge in [0.05, 0.1) is 6.04 Å². The van der Waals surface area contributed by atoms with E-state index in [1.165, 1.54) is 13.0 Å². The highest BCUT2D eigenvalue weighted by Gasteiger charge is 2.22. The van der Waals surface area contributed by atoms with Gasteiger partial charge in [-0.25, -0.2) is 8.78 Å². The Kier molecular flexibility index (Phi) is 3.45. The van der Waals surface area contributed by atoms with Crippen LogP contribution in [0.3, 0.4) is 0 Å². The molecule has 1 unspecified atom stereocenters. The van der Waals surface area contributed by atoms with Gasteiger partial charge >= 0.3 is 0 Å². The maximum atomic E-state index is 14.0. The number of aryl methyl sites for hydroxylation is 3. The molecular formula is C15H17F2NO. The summed E-state index contributed by atoms with van der Waals surface area (Å²) in [7, 11) is 0. The molecule has 0 radical (unpaired) electrons.